The molecule has 0 fully saturated rings. The number of nitrogens with zero attached hydrogens (tertiary/aromatic N) is 1. The number of guanidine groups is 1. The van der Waals surface area contributed by atoms with E-state index in [2.05, 4.69) is 10.3 Å². The Balaban J connectivity index is 0.00000392. The summed E-state index contributed by atoms with van der Waals surface area (Å²) in [4.78, 5) is 4.36. The SMILES string of the molecule is COc1ccc(CCNC(N)=NCC(OC)c2cccc(Cl)c2)cc1OC.I. The molecule has 0 saturated carbocycles. The van der Waals surface area contributed by atoms with Gasteiger partial charge in [0, 0.05) is 18.7 Å². The maximum Gasteiger partial charge on any atom is 0.188 e. The predicted octanol–water partition coefficient (Wildman–Crippen LogP) is 3.81. The summed E-state index contributed by atoms with van der Waals surface area (Å²) in [5, 5.41) is 3.78. The minimum absolute atomic E-state index is 0. The number of aliphatic imine (C=N–C) groups is 1. The van der Waals surface area contributed by atoms with Crippen LogP contribution in [-0.4, -0.2) is 40.4 Å². The fourth-order valence-electron chi connectivity index (χ4n) is 2.63. The second-order valence-electron chi connectivity index (χ2n) is 5.87. The van der Waals surface area contributed by atoms with Crippen molar-refractivity contribution in [3.05, 3.63) is 58.6 Å². The maximum absolute atomic E-state index is 6.03. The van der Waals surface area contributed by atoms with Gasteiger partial charge < -0.3 is 25.3 Å². The third kappa shape index (κ3) is 7.37. The first-order valence-corrected chi connectivity index (χ1v) is 8.98. The van der Waals surface area contributed by atoms with Gasteiger partial charge in [0.2, 0.25) is 0 Å². The first kappa shape index (κ1) is 24.3. The van der Waals surface area contributed by atoms with Crippen LogP contribution in [0.15, 0.2) is 47.5 Å². The Labute approximate surface area is 188 Å². The Bertz CT molecular complexity index is 774. The van der Waals surface area contributed by atoms with Gasteiger partial charge in [0.1, 0.15) is 6.10 Å². The quantitative estimate of drug-likeness (QED) is 0.299. The summed E-state index contributed by atoms with van der Waals surface area (Å²) >= 11 is 6.03. The van der Waals surface area contributed by atoms with Crippen LogP contribution in [0.2, 0.25) is 5.02 Å². The van der Waals surface area contributed by atoms with Gasteiger partial charge >= 0.3 is 0 Å². The molecule has 2 rings (SSSR count). The normalized spacial score (nSPS) is 12.1. The molecule has 0 aromatic heterocycles. The Kier molecular flexibility index (Phi) is 11.0. The molecule has 1 atom stereocenters. The molecule has 0 aliphatic carbocycles. The zero-order valence-corrected chi connectivity index (χ0v) is 19.4. The van der Waals surface area contributed by atoms with E-state index < -0.39 is 0 Å². The van der Waals surface area contributed by atoms with Gasteiger partial charge in [-0.1, -0.05) is 29.8 Å². The van der Waals surface area contributed by atoms with E-state index in [0.29, 0.717) is 35.6 Å². The Morgan fingerprint density at radius 1 is 1.11 bits per heavy atom. The molecule has 0 heterocycles. The third-order valence-electron chi connectivity index (χ3n) is 4.10. The predicted molar refractivity (Wildman–Crippen MR) is 124 cm³/mol. The minimum Gasteiger partial charge on any atom is -0.493 e. The van der Waals surface area contributed by atoms with Crippen LogP contribution in [-0.2, 0) is 11.2 Å². The highest BCUT2D eigenvalue weighted by Gasteiger charge is 2.10. The van der Waals surface area contributed by atoms with Gasteiger partial charge in [-0.3, -0.25) is 4.99 Å². The monoisotopic (exact) mass is 519 g/mol. The molecule has 2 aromatic carbocycles. The second kappa shape index (κ2) is 12.7. The van der Waals surface area contributed by atoms with Crippen LogP contribution < -0.4 is 20.5 Å². The number of hydrogen-bond acceptors (Lipinski definition) is 4. The number of benzene rings is 2. The number of ether oxygens (including phenoxy) is 3. The van der Waals surface area contributed by atoms with Crippen molar-refractivity contribution in [2.75, 3.05) is 34.4 Å². The molecule has 0 aliphatic rings. The van der Waals surface area contributed by atoms with Gasteiger partial charge in [0.25, 0.3) is 0 Å². The Hall–Kier alpha value is -1.71. The molecule has 0 radical (unpaired) electrons. The summed E-state index contributed by atoms with van der Waals surface area (Å²) in [6, 6.07) is 13.4. The summed E-state index contributed by atoms with van der Waals surface area (Å²) in [5.41, 5.74) is 8.04. The zero-order valence-electron chi connectivity index (χ0n) is 16.3. The molecule has 0 amide bonds. The van der Waals surface area contributed by atoms with Crippen LogP contribution in [0.1, 0.15) is 17.2 Å². The van der Waals surface area contributed by atoms with Gasteiger partial charge in [-0.25, -0.2) is 0 Å². The molecule has 6 nitrogen and oxygen atoms in total. The van der Waals surface area contributed by atoms with E-state index in [1.165, 1.54) is 0 Å². The van der Waals surface area contributed by atoms with Crippen molar-refractivity contribution in [1.29, 1.82) is 0 Å². The summed E-state index contributed by atoms with van der Waals surface area (Å²) < 4.78 is 16.0. The van der Waals surface area contributed by atoms with Crippen molar-refractivity contribution >= 4 is 41.5 Å². The van der Waals surface area contributed by atoms with Gasteiger partial charge in [0.15, 0.2) is 17.5 Å². The Morgan fingerprint density at radius 3 is 2.50 bits per heavy atom. The molecule has 28 heavy (non-hydrogen) atoms. The van der Waals surface area contributed by atoms with E-state index >= 15 is 0 Å². The van der Waals surface area contributed by atoms with Crippen molar-refractivity contribution < 1.29 is 14.2 Å². The maximum atomic E-state index is 6.03. The summed E-state index contributed by atoms with van der Waals surface area (Å²) in [6.45, 7) is 1.06. The van der Waals surface area contributed by atoms with Crippen molar-refractivity contribution in [3.8, 4) is 11.5 Å². The van der Waals surface area contributed by atoms with Crippen molar-refractivity contribution in [2.45, 2.75) is 12.5 Å². The van der Waals surface area contributed by atoms with Crippen LogP contribution >= 0.6 is 35.6 Å². The lowest BCUT2D eigenvalue weighted by atomic mass is 10.1. The second-order valence-corrected chi connectivity index (χ2v) is 6.31. The Morgan fingerprint density at radius 2 is 1.86 bits per heavy atom. The first-order chi connectivity index (χ1) is 13.1. The van der Waals surface area contributed by atoms with Gasteiger partial charge in [-0.05, 0) is 41.8 Å². The van der Waals surface area contributed by atoms with Gasteiger partial charge in [-0.2, -0.15) is 0 Å². The van der Waals surface area contributed by atoms with E-state index in [1.807, 2.05) is 42.5 Å². The van der Waals surface area contributed by atoms with Crippen LogP contribution in [0.5, 0.6) is 11.5 Å². The van der Waals surface area contributed by atoms with E-state index in [1.54, 1.807) is 21.3 Å². The lowest BCUT2D eigenvalue weighted by Gasteiger charge is -2.14. The van der Waals surface area contributed by atoms with Crippen LogP contribution in [0.25, 0.3) is 0 Å². The molecular weight excluding hydrogens is 493 g/mol. The number of halogens is 2. The summed E-state index contributed by atoms with van der Waals surface area (Å²) in [5.74, 6) is 1.79. The standard InChI is InChI=1S/C20H26ClN3O3.HI/c1-25-17-8-7-14(11-18(17)26-2)9-10-23-20(22)24-13-19(27-3)15-5-4-6-16(21)12-15;/h4-8,11-12,19H,9-10,13H2,1-3H3,(H3,22,23,24);1H. The van der Waals surface area contributed by atoms with Crippen molar-refractivity contribution in [3.63, 3.8) is 0 Å². The average molecular weight is 520 g/mol. The van der Waals surface area contributed by atoms with Crippen molar-refractivity contribution in [1.82, 2.24) is 5.32 Å². The lowest BCUT2D eigenvalue weighted by molar-refractivity contribution is 0.111. The number of nitrogens with two attached hydrogens (primary N) is 1. The van der Waals surface area contributed by atoms with Crippen LogP contribution in [0.3, 0.4) is 0 Å². The van der Waals surface area contributed by atoms with E-state index in [-0.39, 0.29) is 30.1 Å². The molecule has 1 unspecified atom stereocenters. The largest absolute Gasteiger partial charge is 0.493 e. The molecule has 154 valence electrons. The van der Waals surface area contributed by atoms with E-state index in [0.717, 1.165) is 17.5 Å². The average Bonchev–Trinajstić information content (AvgIpc) is 2.68. The highest BCUT2D eigenvalue weighted by molar-refractivity contribution is 14.0. The smallest absolute Gasteiger partial charge is 0.188 e. The third-order valence-corrected chi connectivity index (χ3v) is 4.34. The number of hydrogen-bond donors (Lipinski definition) is 2. The van der Waals surface area contributed by atoms with E-state index in [9.17, 15) is 0 Å². The van der Waals surface area contributed by atoms with Crippen LogP contribution in [0.4, 0.5) is 0 Å². The highest BCUT2D eigenvalue weighted by Crippen LogP contribution is 2.27. The van der Waals surface area contributed by atoms with Gasteiger partial charge in [-0.15, -0.1) is 24.0 Å². The minimum atomic E-state index is -0.199. The molecule has 2 aromatic rings. The number of rotatable bonds is 9. The molecular formula is C20H27ClIN3O3. The number of nitrogens with one attached hydrogen (secondary N) is 1. The van der Waals surface area contributed by atoms with E-state index in [4.69, 9.17) is 31.5 Å². The number of methoxy groups -OCH3 is 3. The summed E-state index contributed by atoms with van der Waals surface area (Å²) in [6.07, 6.45) is 0.577. The molecule has 3 N–H and O–H groups in total. The van der Waals surface area contributed by atoms with Gasteiger partial charge in [0.05, 0.1) is 20.8 Å². The zero-order chi connectivity index (χ0) is 19.6. The fraction of sp³-hybridized carbons (Fsp3) is 0.350. The molecule has 0 spiro atoms. The topological polar surface area (TPSA) is 78.1 Å². The molecule has 8 heteroatoms. The van der Waals surface area contributed by atoms with Crippen molar-refractivity contribution in [2.24, 2.45) is 10.7 Å². The fourth-order valence-corrected chi connectivity index (χ4v) is 2.83. The molecule has 0 saturated heterocycles. The molecule has 0 bridgehead atoms. The lowest BCUT2D eigenvalue weighted by Crippen LogP contribution is -2.33. The first-order valence-electron chi connectivity index (χ1n) is 8.60. The van der Waals surface area contributed by atoms with Crippen LogP contribution in [0, 0.1) is 0 Å². The highest BCUT2D eigenvalue weighted by atomic mass is 127. The summed E-state index contributed by atoms with van der Waals surface area (Å²) in [7, 11) is 4.88. The molecule has 0 aliphatic heterocycles.